The van der Waals surface area contributed by atoms with E-state index in [0.717, 1.165) is 21.0 Å². The minimum Gasteiger partial charge on any atom is -0.379 e. The van der Waals surface area contributed by atoms with Crippen LogP contribution in [0, 0.1) is 0 Å². The van der Waals surface area contributed by atoms with Crippen molar-refractivity contribution < 1.29 is 22.7 Å². The number of thiazole rings is 1. The van der Waals surface area contributed by atoms with Crippen LogP contribution in [0.15, 0.2) is 22.5 Å². The average Bonchev–Trinajstić information content (AvgIpc) is 3.26. The van der Waals surface area contributed by atoms with Gasteiger partial charge < -0.3 is 20.3 Å². The Morgan fingerprint density at radius 1 is 1.37 bits per heavy atom. The third-order valence-corrected chi connectivity index (χ3v) is 8.65. The molecular weight excluding hydrogens is 448 g/mol. The Kier molecular flexibility index (Phi) is 6.19. The third-order valence-electron chi connectivity index (χ3n) is 4.98. The first-order chi connectivity index (χ1) is 14.3. The summed E-state index contributed by atoms with van der Waals surface area (Å²) in [5, 5.41) is 5.26. The molecule has 2 aromatic rings. The fourth-order valence-electron chi connectivity index (χ4n) is 3.17. The van der Waals surface area contributed by atoms with Crippen molar-refractivity contribution in [3.8, 4) is 0 Å². The Morgan fingerprint density at radius 2 is 2.17 bits per heavy atom. The molecule has 0 aliphatic carbocycles. The maximum Gasteiger partial charge on any atom is 0.321 e. The molecule has 2 fully saturated rings. The lowest BCUT2D eigenvalue weighted by Gasteiger charge is -2.37. The lowest BCUT2D eigenvalue weighted by atomic mass is 10.2. The van der Waals surface area contributed by atoms with Crippen LogP contribution in [0.3, 0.4) is 0 Å². The summed E-state index contributed by atoms with van der Waals surface area (Å²) in [5.41, 5.74) is 1.42. The molecule has 2 saturated heterocycles. The molecule has 4 rings (SSSR count). The monoisotopic (exact) mass is 470 g/mol. The first-order valence-corrected chi connectivity index (χ1v) is 13.2. The molecule has 3 heterocycles. The zero-order chi connectivity index (χ0) is 21.3. The van der Waals surface area contributed by atoms with Gasteiger partial charge in [0.2, 0.25) is 5.91 Å². The minimum absolute atomic E-state index is 0.0374. The van der Waals surface area contributed by atoms with E-state index in [2.05, 4.69) is 15.6 Å². The lowest BCUT2D eigenvalue weighted by molar-refractivity contribution is -0.119. The maximum absolute atomic E-state index is 12.3. The van der Waals surface area contributed by atoms with Crippen molar-refractivity contribution in [2.45, 2.75) is 22.1 Å². The van der Waals surface area contributed by atoms with Crippen LogP contribution in [0.25, 0.3) is 10.2 Å². The van der Waals surface area contributed by atoms with Gasteiger partial charge in [-0.2, -0.15) is 0 Å². The number of carbonyl (C=O) groups is 2. The molecule has 2 aliphatic heterocycles. The minimum atomic E-state index is -3.12. The first kappa shape index (κ1) is 21.3. The van der Waals surface area contributed by atoms with Gasteiger partial charge in [-0.25, -0.2) is 18.2 Å². The smallest absolute Gasteiger partial charge is 0.321 e. The second-order valence-electron chi connectivity index (χ2n) is 7.37. The summed E-state index contributed by atoms with van der Waals surface area (Å²) >= 11 is 2.84. The molecule has 0 radical (unpaired) electrons. The van der Waals surface area contributed by atoms with Gasteiger partial charge in [0.1, 0.15) is 0 Å². The van der Waals surface area contributed by atoms with Gasteiger partial charge in [-0.1, -0.05) is 11.8 Å². The van der Waals surface area contributed by atoms with Crippen molar-refractivity contribution in [3.05, 3.63) is 18.2 Å². The number of nitrogens with zero attached hydrogens (tertiary/aromatic N) is 2. The van der Waals surface area contributed by atoms with Crippen LogP contribution < -0.4 is 10.6 Å². The van der Waals surface area contributed by atoms with E-state index in [0.29, 0.717) is 18.9 Å². The highest BCUT2D eigenvalue weighted by Gasteiger charge is 2.37. The number of urea groups is 1. The van der Waals surface area contributed by atoms with Crippen LogP contribution in [0.5, 0.6) is 0 Å². The van der Waals surface area contributed by atoms with Gasteiger partial charge in [-0.15, -0.1) is 11.3 Å². The standard InChI is InChI=1S/C18H22N4O5S3/c1-30(25,26)13-7-22(8-13)17(24)20-11-2-3-14-15(6-11)29-18(21-14)28-10-16(23)19-12-4-5-27-9-12/h2-3,6,12-13H,4-5,7-10H2,1H3,(H,19,23)(H,20,24)/t12-/m1/s1. The van der Waals surface area contributed by atoms with Crippen LogP contribution >= 0.6 is 23.1 Å². The van der Waals surface area contributed by atoms with Gasteiger partial charge in [0.05, 0.1) is 33.9 Å². The fourth-order valence-corrected chi connectivity index (χ4v) is 5.99. The van der Waals surface area contributed by atoms with Crippen molar-refractivity contribution >= 4 is 60.8 Å². The average molecular weight is 471 g/mol. The molecule has 0 unspecified atom stereocenters. The molecule has 30 heavy (non-hydrogen) atoms. The number of benzene rings is 1. The molecule has 1 atom stereocenters. The van der Waals surface area contributed by atoms with Gasteiger partial charge in [-0.3, -0.25) is 4.79 Å². The van der Waals surface area contributed by atoms with Crippen molar-refractivity contribution in [1.29, 1.82) is 0 Å². The largest absolute Gasteiger partial charge is 0.379 e. The van der Waals surface area contributed by atoms with E-state index in [1.807, 2.05) is 12.1 Å². The van der Waals surface area contributed by atoms with Gasteiger partial charge in [0, 0.05) is 31.6 Å². The molecule has 1 aromatic carbocycles. The molecule has 9 nitrogen and oxygen atoms in total. The SMILES string of the molecule is CS(=O)(=O)C1CN(C(=O)Nc2ccc3nc(SCC(=O)N[C@@H]4CCOC4)sc3c2)C1. The zero-order valence-corrected chi connectivity index (χ0v) is 18.7. The molecule has 12 heteroatoms. The van der Waals surface area contributed by atoms with E-state index in [4.69, 9.17) is 4.74 Å². The molecule has 0 saturated carbocycles. The molecule has 162 valence electrons. The molecule has 0 bridgehead atoms. The summed E-state index contributed by atoms with van der Waals surface area (Å²) in [4.78, 5) is 30.3. The van der Waals surface area contributed by atoms with Crippen molar-refractivity contribution in [1.82, 2.24) is 15.2 Å². The van der Waals surface area contributed by atoms with Crippen LogP contribution in [0.4, 0.5) is 10.5 Å². The van der Waals surface area contributed by atoms with Crippen LogP contribution in [-0.4, -0.2) is 79.8 Å². The predicted molar refractivity (Wildman–Crippen MR) is 117 cm³/mol. The van der Waals surface area contributed by atoms with Crippen molar-refractivity contribution in [2.24, 2.45) is 0 Å². The first-order valence-electron chi connectivity index (χ1n) is 9.43. The fraction of sp³-hybridized carbons (Fsp3) is 0.500. The quantitative estimate of drug-likeness (QED) is 0.615. The lowest BCUT2D eigenvalue weighted by Crippen LogP contribution is -2.57. The number of amides is 3. The highest BCUT2D eigenvalue weighted by molar-refractivity contribution is 8.01. The summed E-state index contributed by atoms with van der Waals surface area (Å²) in [6.45, 7) is 1.68. The van der Waals surface area contributed by atoms with E-state index in [-0.39, 0.29) is 36.8 Å². The number of hydrogen-bond acceptors (Lipinski definition) is 8. The number of sulfone groups is 1. The van der Waals surface area contributed by atoms with Crippen LogP contribution in [-0.2, 0) is 19.4 Å². The summed E-state index contributed by atoms with van der Waals surface area (Å²) in [7, 11) is -3.12. The maximum atomic E-state index is 12.3. The van der Waals surface area contributed by atoms with Crippen molar-refractivity contribution in [3.63, 3.8) is 0 Å². The van der Waals surface area contributed by atoms with E-state index in [9.17, 15) is 18.0 Å². The van der Waals surface area contributed by atoms with Gasteiger partial charge >= 0.3 is 6.03 Å². The molecule has 2 aliphatic rings. The normalized spacial score (nSPS) is 19.6. The topological polar surface area (TPSA) is 118 Å². The number of hydrogen-bond donors (Lipinski definition) is 2. The van der Waals surface area contributed by atoms with Crippen LogP contribution in [0.1, 0.15) is 6.42 Å². The predicted octanol–water partition coefficient (Wildman–Crippen LogP) is 1.55. The van der Waals surface area contributed by atoms with Crippen molar-refractivity contribution in [2.75, 3.05) is 43.6 Å². The number of thioether (sulfide) groups is 1. The Labute approximate surface area is 182 Å². The van der Waals surface area contributed by atoms with E-state index in [1.165, 1.54) is 34.3 Å². The molecule has 0 spiro atoms. The van der Waals surface area contributed by atoms with Crippen LogP contribution in [0.2, 0.25) is 0 Å². The number of carbonyl (C=O) groups excluding carboxylic acids is 2. The Bertz CT molecular complexity index is 1060. The van der Waals surface area contributed by atoms with E-state index >= 15 is 0 Å². The second kappa shape index (κ2) is 8.69. The second-order valence-corrected chi connectivity index (χ2v) is 11.9. The molecule has 3 amide bonds. The highest BCUT2D eigenvalue weighted by Crippen LogP contribution is 2.31. The van der Waals surface area contributed by atoms with E-state index < -0.39 is 15.1 Å². The Morgan fingerprint density at radius 3 is 2.87 bits per heavy atom. The highest BCUT2D eigenvalue weighted by atomic mass is 32.2. The third kappa shape index (κ3) is 5.05. The van der Waals surface area contributed by atoms with Gasteiger partial charge in [0.25, 0.3) is 0 Å². The van der Waals surface area contributed by atoms with Gasteiger partial charge in [-0.05, 0) is 24.6 Å². The Hall–Kier alpha value is -1.89. The summed E-state index contributed by atoms with van der Waals surface area (Å²) < 4.78 is 29.9. The zero-order valence-electron chi connectivity index (χ0n) is 16.3. The number of aromatic nitrogens is 1. The molecule has 1 aromatic heterocycles. The molecule has 2 N–H and O–H groups in total. The number of ether oxygens (including phenoxy) is 1. The van der Waals surface area contributed by atoms with E-state index in [1.54, 1.807) is 6.07 Å². The number of likely N-dealkylation sites (tertiary alicyclic amines) is 1. The number of nitrogens with one attached hydrogen (secondary N) is 2. The molecular formula is C18H22N4O5S3. The van der Waals surface area contributed by atoms with Gasteiger partial charge in [0.15, 0.2) is 14.2 Å². The number of fused-ring (bicyclic) bond motifs is 1. The summed E-state index contributed by atoms with van der Waals surface area (Å²) in [6, 6.07) is 5.18. The number of anilines is 1. The number of rotatable bonds is 6. The summed E-state index contributed by atoms with van der Waals surface area (Å²) in [5.74, 6) is 0.251. The Balaban J connectivity index is 1.31. The summed E-state index contributed by atoms with van der Waals surface area (Å²) in [6.07, 6.45) is 2.03.